The van der Waals surface area contributed by atoms with Crippen molar-refractivity contribution in [2.75, 3.05) is 13.2 Å². The van der Waals surface area contributed by atoms with Crippen LogP contribution in [0.2, 0.25) is 5.02 Å². The highest BCUT2D eigenvalue weighted by atomic mass is 35.5. The Bertz CT molecular complexity index is 337. The number of rotatable bonds is 3. The minimum Gasteiger partial charge on any atom is -0.508 e. The molecule has 0 aromatic heterocycles. The quantitative estimate of drug-likeness (QED) is 0.829. The van der Waals surface area contributed by atoms with Crippen molar-refractivity contribution in [1.29, 1.82) is 0 Å². The number of phenols is 1. The van der Waals surface area contributed by atoms with Crippen molar-refractivity contribution in [3.63, 3.8) is 0 Å². The van der Waals surface area contributed by atoms with E-state index in [4.69, 9.17) is 16.3 Å². The topological polar surface area (TPSA) is 41.5 Å². The van der Waals surface area contributed by atoms with Crippen LogP contribution in [-0.4, -0.2) is 24.4 Å². The van der Waals surface area contributed by atoms with E-state index in [1.54, 1.807) is 18.2 Å². The first-order valence-corrected chi connectivity index (χ1v) is 5.42. The molecular formula is C11H14ClNO2. The summed E-state index contributed by atoms with van der Waals surface area (Å²) in [6, 6.07) is 5.46. The normalized spacial score (nSPS) is 20.7. The van der Waals surface area contributed by atoms with Crippen LogP contribution in [-0.2, 0) is 11.3 Å². The first-order chi connectivity index (χ1) is 7.25. The third-order valence-corrected chi connectivity index (χ3v) is 2.79. The van der Waals surface area contributed by atoms with Crippen LogP contribution in [0.5, 0.6) is 5.75 Å². The third-order valence-electron chi connectivity index (χ3n) is 2.55. The van der Waals surface area contributed by atoms with Gasteiger partial charge in [-0.05, 0) is 24.6 Å². The van der Waals surface area contributed by atoms with Crippen molar-refractivity contribution >= 4 is 11.6 Å². The first kappa shape index (κ1) is 10.7. The van der Waals surface area contributed by atoms with E-state index in [1.807, 2.05) is 0 Å². The SMILES string of the molecule is Oc1ccc(Cl)cc1CNC1CCOC1. The van der Waals surface area contributed by atoms with E-state index < -0.39 is 0 Å². The zero-order valence-corrected chi connectivity index (χ0v) is 9.13. The fraction of sp³-hybridized carbons (Fsp3) is 0.455. The number of hydrogen-bond acceptors (Lipinski definition) is 3. The van der Waals surface area contributed by atoms with Crippen molar-refractivity contribution in [3.8, 4) is 5.75 Å². The Hall–Kier alpha value is -0.770. The molecule has 0 saturated carbocycles. The van der Waals surface area contributed by atoms with Gasteiger partial charge < -0.3 is 15.2 Å². The molecule has 3 nitrogen and oxygen atoms in total. The molecule has 1 fully saturated rings. The second-order valence-corrected chi connectivity index (χ2v) is 4.15. The molecule has 1 aliphatic heterocycles. The molecule has 2 rings (SSSR count). The van der Waals surface area contributed by atoms with E-state index >= 15 is 0 Å². The number of phenolic OH excluding ortho intramolecular Hbond substituents is 1. The van der Waals surface area contributed by atoms with Gasteiger partial charge in [0.2, 0.25) is 0 Å². The van der Waals surface area contributed by atoms with Crippen molar-refractivity contribution in [2.24, 2.45) is 0 Å². The predicted octanol–water partition coefficient (Wildman–Crippen LogP) is 1.92. The van der Waals surface area contributed by atoms with E-state index in [0.717, 1.165) is 25.2 Å². The molecule has 1 atom stereocenters. The molecule has 0 aliphatic carbocycles. The summed E-state index contributed by atoms with van der Waals surface area (Å²) >= 11 is 5.85. The molecule has 82 valence electrons. The highest BCUT2D eigenvalue weighted by Crippen LogP contribution is 2.21. The van der Waals surface area contributed by atoms with Crippen molar-refractivity contribution < 1.29 is 9.84 Å². The summed E-state index contributed by atoms with van der Waals surface area (Å²) in [4.78, 5) is 0. The van der Waals surface area contributed by atoms with Crippen LogP contribution in [0.15, 0.2) is 18.2 Å². The van der Waals surface area contributed by atoms with Crippen LogP contribution in [0.3, 0.4) is 0 Å². The van der Waals surface area contributed by atoms with Crippen molar-refractivity contribution in [1.82, 2.24) is 5.32 Å². The summed E-state index contributed by atoms with van der Waals surface area (Å²) in [6.07, 6.45) is 1.03. The monoisotopic (exact) mass is 227 g/mol. The summed E-state index contributed by atoms with van der Waals surface area (Å²) in [7, 11) is 0. The van der Waals surface area contributed by atoms with E-state index in [1.165, 1.54) is 0 Å². The molecule has 0 spiro atoms. The number of halogens is 1. The van der Waals surface area contributed by atoms with Crippen LogP contribution in [0, 0.1) is 0 Å². The largest absolute Gasteiger partial charge is 0.508 e. The highest BCUT2D eigenvalue weighted by molar-refractivity contribution is 6.30. The van der Waals surface area contributed by atoms with Gasteiger partial charge in [0, 0.05) is 29.8 Å². The standard InChI is InChI=1S/C11H14ClNO2/c12-9-1-2-11(14)8(5-9)6-13-10-3-4-15-7-10/h1-2,5,10,13-14H,3-4,6-7H2. The van der Waals surface area contributed by atoms with Gasteiger partial charge in [-0.2, -0.15) is 0 Å². The summed E-state index contributed by atoms with van der Waals surface area (Å²) in [5.41, 5.74) is 0.828. The number of benzene rings is 1. The molecule has 1 saturated heterocycles. The molecule has 1 aromatic rings. The lowest BCUT2D eigenvalue weighted by atomic mass is 10.2. The lowest BCUT2D eigenvalue weighted by Crippen LogP contribution is -2.28. The Kier molecular flexibility index (Phi) is 3.46. The lowest BCUT2D eigenvalue weighted by Gasteiger charge is -2.11. The number of aromatic hydroxyl groups is 1. The van der Waals surface area contributed by atoms with E-state index in [2.05, 4.69) is 5.32 Å². The molecule has 4 heteroatoms. The molecule has 0 amide bonds. The smallest absolute Gasteiger partial charge is 0.120 e. The maximum atomic E-state index is 9.58. The molecule has 0 bridgehead atoms. The number of ether oxygens (including phenoxy) is 1. The zero-order chi connectivity index (χ0) is 10.7. The molecule has 0 radical (unpaired) electrons. The minimum atomic E-state index is 0.283. The number of nitrogens with one attached hydrogen (secondary N) is 1. The van der Waals surface area contributed by atoms with Crippen LogP contribution in [0.4, 0.5) is 0 Å². The fourth-order valence-electron chi connectivity index (χ4n) is 1.65. The molecule has 1 heterocycles. The van der Waals surface area contributed by atoms with Gasteiger partial charge in [0.15, 0.2) is 0 Å². The Morgan fingerprint density at radius 1 is 1.53 bits per heavy atom. The third kappa shape index (κ3) is 2.84. The van der Waals surface area contributed by atoms with Crippen molar-refractivity contribution in [3.05, 3.63) is 28.8 Å². The minimum absolute atomic E-state index is 0.283. The lowest BCUT2D eigenvalue weighted by molar-refractivity contribution is 0.189. The molecular weight excluding hydrogens is 214 g/mol. The van der Waals surface area contributed by atoms with Crippen LogP contribution in [0.25, 0.3) is 0 Å². The Balaban J connectivity index is 1.94. The Morgan fingerprint density at radius 2 is 2.40 bits per heavy atom. The molecule has 2 N–H and O–H groups in total. The second-order valence-electron chi connectivity index (χ2n) is 3.71. The Labute approximate surface area is 94.0 Å². The summed E-state index contributed by atoms with van der Waals surface area (Å²) in [6.45, 7) is 2.20. The second kappa shape index (κ2) is 4.84. The van der Waals surface area contributed by atoms with Gasteiger partial charge in [-0.3, -0.25) is 0 Å². The summed E-state index contributed by atoms with van der Waals surface area (Å²) in [5, 5.41) is 13.5. The van der Waals surface area contributed by atoms with Gasteiger partial charge in [-0.15, -0.1) is 0 Å². The van der Waals surface area contributed by atoms with Gasteiger partial charge in [-0.25, -0.2) is 0 Å². The van der Waals surface area contributed by atoms with Gasteiger partial charge >= 0.3 is 0 Å². The van der Waals surface area contributed by atoms with E-state index in [9.17, 15) is 5.11 Å². The summed E-state index contributed by atoms with van der Waals surface area (Å²) in [5.74, 6) is 0.283. The maximum Gasteiger partial charge on any atom is 0.120 e. The Morgan fingerprint density at radius 3 is 3.13 bits per heavy atom. The first-order valence-electron chi connectivity index (χ1n) is 5.04. The summed E-state index contributed by atoms with van der Waals surface area (Å²) < 4.78 is 5.25. The van der Waals surface area contributed by atoms with Crippen LogP contribution < -0.4 is 5.32 Å². The molecule has 1 unspecified atom stereocenters. The zero-order valence-electron chi connectivity index (χ0n) is 8.37. The average molecular weight is 228 g/mol. The van der Waals surface area contributed by atoms with Crippen LogP contribution in [0.1, 0.15) is 12.0 Å². The average Bonchev–Trinajstić information content (AvgIpc) is 2.72. The number of hydrogen-bond donors (Lipinski definition) is 2. The van der Waals surface area contributed by atoms with E-state index in [0.29, 0.717) is 17.6 Å². The van der Waals surface area contributed by atoms with E-state index in [-0.39, 0.29) is 5.75 Å². The predicted molar refractivity (Wildman–Crippen MR) is 59.2 cm³/mol. The fourth-order valence-corrected chi connectivity index (χ4v) is 1.84. The van der Waals surface area contributed by atoms with Crippen LogP contribution >= 0.6 is 11.6 Å². The van der Waals surface area contributed by atoms with Crippen molar-refractivity contribution in [2.45, 2.75) is 19.0 Å². The highest BCUT2D eigenvalue weighted by Gasteiger charge is 2.15. The maximum absolute atomic E-state index is 9.58. The molecule has 15 heavy (non-hydrogen) atoms. The molecule has 1 aromatic carbocycles. The van der Waals surface area contributed by atoms with Gasteiger partial charge in [0.05, 0.1) is 6.61 Å². The van der Waals surface area contributed by atoms with Gasteiger partial charge in [0.25, 0.3) is 0 Å². The van der Waals surface area contributed by atoms with Gasteiger partial charge in [0.1, 0.15) is 5.75 Å². The van der Waals surface area contributed by atoms with Gasteiger partial charge in [-0.1, -0.05) is 11.6 Å². The molecule has 1 aliphatic rings.